The molecule has 0 aliphatic heterocycles. The molecular formula is C14H18N2O2S. The van der Waals surface area contributed by atoms with Crippen molar-refractivity contribution in [2.75, 3.05) is 6.61 Å². The van der Waals surface area contributed by atoms with Gasteiger partial charge in [-0.25, -0.2) is 9.78 Å². The van der Waals surface area contributed by atoms with Crippen molar-refractivity contribution in [3.63, 3.8) is 0 Å². The number of esters is 1. The smallest absolute Gasteiger partial charge is 0.348 e. The average Bonchev–Trinajstić information content (AvgIpc) is 3.08. The standard InChI is InChI=1S/C14H18N2O2S/c1-3-5-11(16-9-8-15-10-16)12-6-7-13(19-12)14(17)18-4-2/h6-11H,3-5H2,1-2H3. The first-order chi connectivity index (χ1) is 9.26. The van der Waals surface area contributed by atoms with Gasteiger partial charge in [0.15, 0.2) is 0 Å². The highest BCUT2D eigenvalue weighted by molar-refractivity contribution is 7.14. The number of carbonyl (C=O) groups is 1. The van der Waals surface area contributed by atoms with Gasteiger partial charge in [-0.15, -0.1) is 11.3 Å². The molecule has 2 rings (SSSR count). The zero-order valence-corrected chi connectivity index (χ0v) is 12.0. The van der Waals surface area contributed by atoms with Crippen LogP contribution in [0.25, 0.3) is 0 Å². The monoisotopic (exact) mass is 278 g/mol. The largest absolute Gasteiger partial charge is 0.462 e. The number of hydrogen-bond acceptors (Lipinski definition) is 4. The lowest BCUT2D eigenvalue weighted by molar-refractivity contribution is 0.0532. The molecule has 2 aromatic heterocycles. The van der Waals surface area contributed by atoms with Crippen LogP contribution in [0.15, 0.2) is 30.9 Å². The molecule has 5 heteroatoms. The maximum Gasteiger partial charge on any atom is 0.348 e. The van der Waals surface area contributed by atoms with Crippen LogP contribution in [0.4, 0.5) is 0 Å². The van der Waals surface area contributed by atoms with Gasteiger partial charge in [0, 0.05) is 17.3 Å². The summed E-state index contributed by atoms with van der Waals surface area (Å²) in [5, 5.41) is 0. The fourth-order valence-electron chi connectivity index (χ4n) is 2.01. The van der Waals surface area contributed by atoms with E-state index in [1.807, 2.05) is 31.6 Å². The molecule has 0 bridgehead atoms. The highest BCUT2D eigenvalue weighted by Crippen LogP contribution is 2.30. The molecule has 0 aliphatic rings. The van der Waals surface area contributed by atoms with Crippen molar-refractivity contribution in [3.05, 3.63) is 40.6 Å². The summed E-state index contributed by atoms with van der Waals surface area (Å²) in [5.41, 5.74) is 0. The van der Waals surface area contributed by atoms with E-state index in [1.165, 1.54) is 16.2 Å². The van der Waals surface area contributed by atoms with Crippen molar-refractivity contribution in [2.45, 2.75) is 32.7 Å². The number of imidazole rings is 1. The minimum atomic E-state index is -0.236. The quantitative estimate of drug-likeness (QED) is 0.759. The Hall–Kier alpha value is -1.62. The van der Waals surface area contributed by atoms with E-state index in [9.17, 15) is 4.79 Å². The third-order valence-corrected chi connectivity index (χ3v) is 4.05. The average molecular weight is 278 g/mol. The molecule has 0 saturated carbocycles. The second-order valence-corrected chi connectivity index (χ2v) is 5.35. The molecule has 2 aromatic rings. The van der Waals surface area contributed by atoms with Crippen molar-refractivity contribution in [1.82, 2.24) is 9.55 Å². The molecule has 0 aliphatic carbocycles. The first-order valence-corrected chi connectivity index (χ1v) is 7.32. The molecule has 2 heterocycles. The third-order valence-electron chi connectivity index (χ3n) is 2.88. The number of aromatic nitrogens is 2. The number of nitrogens with zero attached hydrogens (tertiary/aromatic N) is 2. The summed E-state index contributed by atoms with van der Waals surface area (Å²) >= 11 is 1.50. The maximum absolute atomic E-state index is 11.7. The summed E-state index contributed by atoms with van der Waals surface area (Å²) in [5.74, 6) is -0.236. The van der Waals surface area contributed by atoms with Crippen LogP contribution in [-0.2, 0) is 4.74 Å². The maximum atomic E-state index is 11.7. The van der Waals surface area contributed by atoms with Gasteiger partial charge in [-0.1, -0.05) is 13.3 Å². The first kappa shape index (κ1) is 13.8. The van der Waals surface area contributed by atoms with Gasteiger partial charge >= 0.3 is 5.97 Å². The van der Waals surface area contributed by atoms with Crippen LogP contribution in [-0.4, -0.2) is 22.1 Å². The molecule has 0 spiro atoms. The molecule has 4 nitrogen and oxygen atoms in total. The van der Waals surface area contributed by atoms with Gasteiger partial charge in [-0.05, 0) is 25.5 Å². The Morgan fingerprint density at radius 3 is 2.95 bits per heavy atom. The lowest BCUT2D eigenvalue weighted by Gasteiger charge is -2.15. The van der Waals surface area contributed by atoms with Gasteiger partial charge in [0.25, 0.3) is 0 Å². The fourth-order valence-corrected chi connectivity index (χ4v) is 3.05. The van der Waals surface area contributed by atoms with Crippen LogP contribution in [0.3, 0.4) is 0 Å². The van der Waals surface area contributed by atoms with Crippen LogP contribution in [0.5, 0.6) is 0 Å². The molecule has 0 saturated heterocycles. The highest BCUT2D eigenvalue weighted by Gasteiger charge is 2.17. The van der Waals surface area contributed by atoms with Gasteiger partial charge in [-0.3, -0.25) is 0 Å². The summed E-state index contributed by atoms with van der Waals surface area (Å²) in [6, 6.07) is 4.11. The Labute approximate surface area is 117 Å². The predicted molar refractivity (Wildman–Crippen MR) is 75.5 cm³/mol. The normalized spacial score (nSPS) is 12.3. The molecule has 0 radical (unpaired) electrons. The van der Waals surface area contributed by atoms with Gasteiger partial charge in [-0.2, -0.15) is 0 Å². The van der Waals surface area contributed by atoms with E-state index in [2.05, 4.69) is 16.5 Å². The Kier molecular flexibility index (Phi) is 4.74. The summed E-state index contributed by atoms with van der Waals surface area (Å²) in [4.78, 5) is 17.6. The van der Waals surface area contributed by atoms with Crippen molar-refractivity contribution in [1.29, 1.82) is 0 Å². The van der Waals surface area contributed by atoms with Crippen LogP contribution in [0.1, 0.15) is 47.3 Å². The summed E-state index contributed by atoms with van der Waals surface area (Å²) in [6.07, 6.45) is 7.67. The summed E-state index contributed by atoms with van der Waals surface area (Å²) < 4.78 is 7.11. The SMILES string of the molecule is CCCC(c1ccc(C(=O)OCC)s1)n1ccnc1. The number of ether oxygens (including phenoxy) is 1. The molecule has 102 valence electrons. The molecule has 0 amide bonds. The molecule has 0 aromatic carbocycles. The van der Waals surface area contributed by atoms with E-state index in [1.54, 1.807) is 6.20 Å². The van der Waals surface area contributed by atoms with Crippen LogP contribution >= 0.6 is 11.3 Å². The second-order valence-electron chi connectivity index (χ2n) is 4.24. The minimum absolute atomic E-state index is 0.236. The topological polar surface area (TPSA) is 44.1 Å². The van der Waals surface area contributed by atoms with E-state index >= 15 is 0 Å². The van der Waals surface area contributed by atoms with E-state index in [0.717, 1.165) is 12.8 Å². The van der Waals surface area contributed by atoms with E-state index in [0.29, 0.717) is 11.5 Å². The summed E-state index contributed by atoms with van der Waals surface area (Å²) in [7, 11) is 0. The van der Waals surface area contributed by atoms with E-state index in [4.69, 9.17) is 4.74 Å². The van der Waals surface area contributed by atoms with Gasteiger partial charge in [0.05, 0.1) is 19.0 Å². The van der Waals surface area contributed by atoms with Crippen molar-refractivity contribution >= 4 is 17.3 Å². The second kappa shape index (κ2) is 6.52. The Morgan fingerprint density at radius 2 is 2.32 bits per heavy atom. The number of hydrogen-bond donors (Lipinski definition) is 0. The van der Waals surface area contributed by atoms with E-state index < -0.39 is 0 Å². The lowest BCUT2D eigenvalue weighted by Crippen LogP contribution is -2.06. The molecule has 1 unspecified atom stereocenters. The Morgan fingerprint density at radius 1 is 1.47 bits per heavy atom. The predicted octanol–water partition coefficient (Wildman–Crippen LogP) is 3.51. The lowest BCUT2D eigenvalue weighted by atomic mass is 10.1. The van der Waals surface area contributed by atoms with Crippen LogP contribution < -0.4 is 0 Å². The Balaban J connectivity index is 2.21. The Bertz CT molecular complexity index is 519. The molecular weight excluding hydrogens is 260 g/mol. The zero-order chi connectivity index (χ0) is 13.7. The first-order valence-electron chi connectivity index (χ1n) is 6.50. The van der Waals surface area contributed by atoms with Crippen molar-refractivity contribution in [2.24, 2.45) is 0 Å². The zero-order valence-electron chi connectivity index (χ0n) is 11.2. The fraction of sp³-hybridized carbons (Fsp3) is 0.429. The summed E-state index contributed by atoms with van der Waals surface area (Å²) in [6.45, 7) is 4.38. The van der Waals surface area contributed by atoms with Crippen molar-refractivity contribution < 1.29 is 9.53 Å². The van der Waals surface area contributed by atoms with E-state index in [-0.39, 0.29) is 12.0 Å². The number of rotatable bonds is 6. The molecule has 19 heavy (non-hydrogen) atoms. The minimum Gasteiger partial charge on any atom is -0.462 e. The molecule has 0 N–H and O–H groups in total. The van der Waals surface area contributed by atoms with Crippen LogP contribution in [0.2, 0.25) is 0 Å². The number of carbonyl (C=O) groups excluding carboxylic acids is 1. The van der Waals surface area contributed by atoms with Gasteiger partial charge in [0.2, 0.25) is 0 Å². The van der Waals surface area contributed by atoms with Crippen molar-refractivity contribution in [3.8, 4) is 0 Å². The van der Waals surface area contributed by atoms with Crippen LogP contribution in [0, 0.1) is 0 Å². The number of thiophene rings is 1. The van der Waals surface area contributed by atoms with Gasteiger partial charge < -0.3 is 9.30 Å². The molecule has 1 atom stereocenters. The molecule has 0 fully saturated rings. The van der Waals surface area contributed by atoms with Gasteiger partial charge in [0.1, 0.15) is 4.88 Å². The highest BCUT2D eigenvalue weighted by atomic mass is 32.1. The third kappa shape index (κ3) is 3.23.